The van der Waals surface area contributed by atoms with Gasteiger partial charge in [0.05, 0.1) is 11.4 Å². The molecule has 0 radical (unpaired) electrons. The maximum absolute atomic E-state index is 12.1. The second-order valence-electron chi connectivity index (χ2n) is 5.18. The van der Waals surface area contributed by atoms with Gasteiger partial charge in [-0.1, -0.05) is 23.4 Å². The average Bonchev–Trinajstić information content (AvgIpc) is 3.20. The van der Waals surface area contributed by atoms with Gasteiger partial charge in [-0.05, 0) is 32.0 Å². The van der Waals surface area contributed by atoms with Crippen LogP contribution in [0.1, 0.15) is 11.8 Å². The predicted molar refractivity (Wildman–Crippen MR) is 102 cm³/mol. The van der Waals surface area contributed by atoms with Crippen LogP contribution in [0.4, 0.5) is 5.69 Å². The van der Waals surface area contributed by atoms with E-state index in [2.05, 4.69) is 38.9 Å². The Morgan fingerprint density at radius 3 is 2.96 bits per heavy atom. The fourth-order valence-corrected chi connectivity index (χ4v) is 3.90. The van der Waals surface area contributed by atoms with E-state index in [1.807, 2.05) is 11.5 Å². The predicted octanol–water partition coefficient (Wildman–Crippen LogP) is 4.11. The summed E-state index contributed by atoms with van der Waals surface area (Å²) in [5, 5.41) is 14.3. The third-order valence-corrected chi connectivity index (χ3v) is 5.52. The number of pyridine rings is 1. The van der Waals surface area contributed by atoms with Gasteiger partial charge in [0.2, 0.25) is 5.91 Å². The zero-order valence-corrected chi connectivity index (χ0v) is 16.1. The molecule has 25 heavy (non-hydrogen) atoms. The van der Waals surface area contributed by atoms with E-state index in [-0.39, 0.29) is 16.8 Å². The average molecular weight is 394 g/mol. The zero-order chi connectivity index (χ0) is 17.8. The summed E-state index contributed by atoms with van der Waals surface area (Å²) in [4.78, 5) is 17.3. The first-order chi connectivity index (χ1) is 12.1. The van der Waals surface area contributed by atoms with Gasteiger partial charge < -0.3 is 9.88 Å². The van der Waals surface area contributed by atoms with Gasteiger partial charge in [0, 0.05) is 28.6 Å². The Kier molecular flexibility index (Phi) is 5.72. The van der Waals surface area contributed by atoms with Crippen molar-refractivity contribution in [2.75, 3.05) is 11.1 Å². The highest BCUT2D eigenvalue weighted by Gasteiger charge is 2.15. The van der Waals surface area contributed by atoms with Crippen molar-refractivity contribution in [3.63, 3.8) is 0 Å². The molecule has 3 aromatic heterocycles. The standard InChI is InChI=1S/C16H16ClN5OS2/c1-3-22-15(11-7-10(2)24-8-11)20-21-16(22)25-9-13(23)19-12-5-4-6-18-14(12)17/h4-8H,3,9H2,1-2H3,(H,19,23). The van der Waals surface area contributed by atoms with E-state index in [1.165, 1.54) is 16.6 Å². The second-order valence-corrected chi connectivity index (χ2v) is 7.59. The van der Waals surface area contributed by atoms with Crippen molar-refractivity contribution in [3.05, 3.63) is 39.8 Å². The van der Waals surface area contributed by atoms with Gasteiger partial charge in [0.15, 0.2) is 16.1 Å². The summed E-state index contributed by atoms with van der Waals surface area (Å²) in [6, 6.07) is 5.52. The van der Waals surface area contributed by atoms with Crippen molar-refractivity contribution in [2.24, 2.45) is 0 Å². The van der Waals surface area contributed by atoms with E-state index in [9.17, 15) is 4.79 Å². The lowest BCUT2D eigenvalue weighted by atomic mass is 10.3. The molecule has 0 aliphatic rings. The molecule has 1 N–H and O–H groups in total. The first-order valence-electron chi connectivity index (χ1n) is 7.60. The molecule has 6 nitrogen and oxygen atoms in total. The number of aromatic nitrogens is 4. The van der Waals surface area contributed by atoms with Crippen LogP contribution in [0.3, 0.4) is 0 Å². The van der Waals surface area contributed by atoms with Crippen LogP contribution in [-0.4, -0.2) is 31.4 Å². The molecule has 9 heteroatoms. The summed E-state index contributed by atoms with van der Waals surface area (Å²) >= 11 is 8.97. The molecule has 0 unspecified atom stereocenters. The summed E-state index contributed by atoms with van der Waals surface area (Å²) in [6.45, 7) is 4.83. The number of aryl methyl sites for hydroxylation is 1. The van der Waals surface area contributed by atoms with Crippen molar-refractivity contribution >= 4 is 46.3 Å². The Morgan fingerprint density at radius 1 is 1.44 bits per heavy atom. The Hall–Kier alpha value is -1.90. The van der Waals surface area contributed by atoms with E-state index in [1.54, 1.807) is 29.7 Å². The SMILES string of the molecule is CCn1c(SCC(=O)Nc2cccnc2Cl)nnc1-c1csc(C)c1. The van der Waals surface area contributed by atoms with Crippen LogP contribution in [-0.2, 0) is 11.3 Å². The molecule has 0 aromatic carbocycles. The molecule has 0 saturated carbocycles. The minimum absolute atomic E-state index is 0.168. The first kappa shape index (κ1) is 17.9. The van der Waals surface area contributed by atoms with E-state index in [0.29, 0.717) is 10.8 Å². The number of thiophene rings is 1. The third kappa shape index (κ3) is 4.20. The van der Waals surface area contributed by atoms with Crippen LogP contribution in [0.2, 0.25) is 5.15 Å². The molecule has 0 aliphatic carbocycles. The topological polar surface area (TPSA) is 72.7 Å². The molecule has 3 rings (SSSR count). The molecule has 0 spiro atoms. The van der Waals surface area contributed by atoms with Crippen LogP contribution in [0.5, 0.6) is 0 Å². The van der Waals surface area contributed by atoms with Gasteiger partial charge in [-0.15, -0.1) is 21.5 Å². The number of nitrogens with zero attached hydrogens (tertiary/aromatic N) is 4. The van der Waals surface area contributed by atoms with Crippen molar-refractivity contribution in [2.45, 2.75) is 25.5 Å². The van der Waals surface area contributed by atoms with Gasteiger partial charge in [-0.25, -0.2) is 4.98 Å². The second kappa shape index (κ2) is 7.99. The highest BCUT2D eigenvalue weighted by molar-refractivity contribution is 7.99. The van der Waals surface area contributed by atoms with Gasteiger partial charge in [0.25, 0.3) is 0 Å². The van der Waals surface area contributed by atoms with E-state index in [4.69, 9.17) is 11.6 Å². The van der Waals surface area contributed by atoms with Crippen LogP contribution in [0.25, 0.3) is 11.4 Å². The van der Waals surface area contributed by atoms with Crippen LogP contribution >= 0.6 is 34.7 Å². The Labute approximate surface area is 158 Å². The third-order valence-electron chi connectivity index (χ3n) is 3.39. The Bertz CT molecular complexity index is 892. The molecule has 0 atom stereocenters. The Balaban J connectivity index is 1.68. The number of thioether (sulfide) groups is 1. The van der Waals surface area contributed by atoms with Crippen molar-refractivity contribution in [1.82, 2.24) is 19.7 Å². The molecule has 3 heterocycles. The first-order valence-corrected chi connectivity index (χ1v) is 9.84. The maximum Gasteiger partial charge on any atom is 0.234 e. The number of hydrogen-bond acceptors (Lipinski definition) is 6. The van der Waals surface area contributed by atoms with Crippen molar-refractivity contribution in [1.29, 1.82) is 0 Å². The molecule has 1 amide bonds. The van der Waals surface area contributed by atoms with E-state index >= 15 is 0 Å². The van der Waals surface area contributed by atoms with E-state index in [0.717, 1.165) is 17.9 Å². The lowest BCUT2D eigenvalue weighted by molar-refractivity contribution is -0.113. The number of amides is 1. The molecule has 0 bridgehead atoms. The van der Waals surface area contributed by atoms with Crippen molar-refractivity contribution < 1.29 is 4.79 Å². The maximum atomic E-state index is 12.1. The molecular weight excluding hydrogens is 378 g/mol. The number of nitrogens with one attached hydrogen (secondary N) is 1. The smallest absolute Gasteiger partial charge is 0.234 e. The number of halogens is 1. The summed E-state index contributed by atoms with van der Waals surface area (Å²) in [5.74, 6) is 0.870. The van der Waals surface area contributed by atoms with Crippen LogP contribution < -0.4 is 5.32 Å². The molecule has 130 valence electrons. The number of carbonyl (C=O) groups is 1. The fraction of sp³-hybridized carbons (Fsp3) is 0.250. The minimum atomic E-state index is -0.168. The highest BCUT2D eigenvalue weighted by Crippen LogP contribution is 2.27. The van der Waals surface area contributed by atoms with Gasteiger partial charge in [0.1, 0.15) is 0 Å². The molecule has 0 saturated heterocycles. The number of carbonyl (C=O) groups excluding carboxylic acids is 1. The minimum Gasteiger partial charge on any atom is -0.323 e. The monoisotopic (exact) mass is 393 g/mol. The lowest BCUT2D eigenvalue weighted by Crippen LogP contribution is -2.15. The Morgan fingerprint density at radius 2 is 2.28 bits per heavy atom. The summed E-state index contributed by atoms with van der Waals surface area (Å²) < 4.78 is 2.01. The molecule has 0 aliphatic heterocycles. The van der Waals surface area contributed by atoms with Gasteiger partial charge >= 0.3 is 0 Å². The number of anilines is 1. The highest BCUT2D eigenvalue weighted by atomic mass is 35.5. The summed E-state index contributed by atoms with van der Waals surface area (Å²) in [5.41, 5.74) is 1.55. The number of rotatable bonds is 6. The normalized spacial score (nSPS) is 10.8. The quantitative estimate of drug-likeness (QED) is 0.504. The lowest BCUT2D eigenvalue weighted by Gasteiger charge is -2.07. The molecular formula is C16H16ClN5OS2. The van der Waals surface area contributed by atoms with E-state index < -0.39 is 0 Å². The fourth-order valence-electron chi connectivity index (χ4n) is 2.25. The van der Waals surface area contributed by atoms with Crippen LogP contribution in [0.15, 0.2) is 34.9 Å². The molecule has 3 aromatic rings. The van der Waals surface area contributed by atoms with Crippen LogP contribution in [0, 0.1) is 6.92 Å². The van der Waals surface area contributed by atoms with Gasteiger partial charge in [-0.3, -0.25) is 4.79 Å². The molecule has 0 fully saturated rings. The summed E-state index contributed by atoms with van der Waals surface area (Å²) in [7, 11) is 0. The number of hydrogen-bond donors (Lipinski definition) is 1. The largest absolute Gasteiger partial charge is 0.323 e. The zero-order valence-electron chi connectivity index (χ0n) is 13.7. The summed E-state index contributed by atoms with van der Waals surface area (Å²) in [6.07, 6.45) is 1.57. The van der Waals surface area contributed by atoms with Gasteiger partial charge in [-0.2, -0.15) is 0 Å². The van der Waals surface area contributed by atoms with Crippen molar-refractivity contribution in [3.8, 4) is 11.4 Å².